The van der Waals surface area contributed by atoms with E-state index in [1.54, 1.807) is 11.8 Å². The molecule has 68 valence electrons. The van der Waals surface area contributed by atoms with Crippen molar-refractivity contribution in [1.82, 2.24) is 0 Å². The van der Waals surface area contributed by atoms with Gasteiger partial charge in [0.1, 0.15) is 11.7 Å². The number of rotatable bonds is 1. The smallest absolute Gasteiger partial charge is 0.133 e. The third kappa shape index (κ3) is 2.04. The molecular weight excluding hydrogens is 182 g/mol. The molecule has 0 saturated carbocycles. The fourth-order valence-electron chi connectivity index (χ4n) is 1.29. The van der Waals surface area contributed by atoms with Gasteiger partial charge >= 0.3 is 0 Å². The summed E-state index contributed by atoms with van der Waals surface area (Å²) in [5, 5.41) is 5.29. The fraction of sp³-hybridized carbons (Fsp3) is 0.300. The van der Waals surface area contributed by atoms with E-state index in [1.165, 1.54) is 5.56 Å². The van der Waals surface area contributed by atoms with Crippen LogP contribution in [-0.4, -0.2) is 11.7 Å². The lowest BCUT2D eigenvalue weighted by Crippen LogP contribution is -2.09. The summed E-state index contributed by atoms with van der Waals surface area (Å²) < 4.78 is 0. The lowest BCUT2D eigenvalue weighted by atomic mass is 10.2. The number of nitrogens with zero attached hydrogens (tertiary/aromatic N) is 1. The van der Waals surface area contributed by atoms with E-state index in [1.807, 2.05) is 13.0 Å². The van der Waals surface area contributed by atoms with Crippen molar-refractivity contribution in [2.45, 2.75) is 12.2 Å². The van der Waals surface area contributed by atoms with E-state index < -0.39 is 0 Å². The number of oxime groups is 1. The van der Waals surface area contributed by atoms with Gasteiger partial charge in [-0.2, -0.15) is 0 Å². The van der Waals surface area contributed by atoms with Crippen LogP contribution < -0.4 is 0 Å². The van der Waals surface area contributed by atoms with E-state index in [4.69, 9.17) is 4.84 Å². The van der Waals surface area contributed by atoms with E-state index in [9.17, 15) is 0 Å². The van der Waals surface area contributed by atoms with Gasteiger partial charge in [0, 0.05) is 0 Å². The van der Waals surface area contributed by atoms with Crippen LogP contribution in [0.25, 0.3) is 0 Å². The normalized spacial score (nSPS) is 21.9. The van der Waals surface area contributed by atoms with E-state index >= 15 is 0 Å². The van der Waals surface area contributed by atoms with Crippen LogP contribution in [0, 0.1) is 0 Å². The quantitative estimate of drug-likeness (QED) is 0.684. The molecule has 0 fully saturated rings. The SMILES string of the molecule is CC1=NOCC(c2ccccc2)S1. The lowest BCUT2D eigenvalue weighted by Gasteiger charge is -2.19. The first kappa shape index (κ1) is 8.63. The summed E-state index contributed by atoms with van der Waals surface area (Å²) in [7, 11) is 0. The van der Waals surface area contributed by atoms with Gasteiger partial charge < -0.3 is 4.84 Å². The summed E-state index contributed by atoms with van der Waals surface area (Å²) in [6.07, 6.45) is 0. The predicted molar refractivity (Wildman–Crippen MR) is 55.8 cm³/mol. The monoisotopic (exact) mass is 193 g/mol. The van der Waals surface area contributed by atoms with Crippen LogP contribution in [-0.2, 0) is 4.84 Å². The molecule has 3 heteroatoms. The summed E-state index contributed by atoms with van der Waals surface area (Å²) in [6.45, 7) is 2.64. The molecule has 0 amide bonds. The molecule has 1 aliphatic rings. The zero-order valence-corrected chi connectivity index (χ0v) is 8.25. The summed E-state index contributed by atoms with van der Waals surface area (Å²) in [5.41, 5.74) is 1.31. The predicted octanol–water partition coefficient (Wildman–Crippen LogP) is 2.82. The van der Waals surface area contributed by atoms with Crippen molar-refractivity contribution in [3.8, 4) is 0 Å². The Morgan fingerprint density at radius 1 is 1.38 bits per heavy atom. The highest BCUT2D eigenvalue weighted by Gasteiger charge is 2.17. The van der Waals surface area contributed by atoms with Gasteiger partial charge in [-0.3, -0.25) is 0 Å². The highest BCUT2D eigenvalue weighted by atomic mass is 32.2. The Labute approximate surface area is 82.0 Å². The minimum absolute atomic E-state index is 0.402. The van der Waals surface area contributed by atoms with Gasteiger partial charge in [0.25, 0.3) is 0 Å². The summed E-state index contributed by atoms with van der Waals surface area (Å²) in [5.74, 6) is 0. The molecule has 0 N–H and O–H groups in total. The third-order valence-electron chi connectivity index (χ3n) is 1.90. The maximum Gasteiger partial charge on any atom is 0.133 e. The van der Waals surface area contributed by atoms with E-state index in [0.29, 0.717) is 11.9 Å². The van der Waals surface area contributed by atoms with Crippen molar-refractivity contribution in [2.75, 3.05) is 6.61 Å². The van der Waals surface area contributed by atoms with Crippen LogP contribution in [0.2, 0.25) is 0 Å². The van der Waals surface area contributed by atoms with Gasteiger partial charge in [-0.05, 0) is 12.5 Å². The lowest BCUT2D eigenvalue weighted by molar-refractivity contribution is 0.143. The highest BCUT2D eigenvalue weighted by Crippen LogP contribution is 2.32. The Morgan fingerprint density at radius 3 is 2.85 bits per heavy atom. The molecule has 0 aliphatic carbocycles. The van der Waals surface area contributed by atoms with E-state index in [0.717, 1.165) is 5.04 Å². The Kier molecular flexibility index (Phi) is 2.54. The Bertz CT molecular complexity index is 310. The highest BCUT2D eigenvalue weighted by molar-refractivity contribution is 8.14. The van der Waals surface area contributed by atoms with Crippen LogP contribution in [0.3, 0.4) is 0 Å². The molecule has 1 aromatic rings. The van der Waals surface area contributed by atoms with Gasteiger partial charge in [0.2, 0.25) is 0 Å². The molecule has 0 spiro atoms. The summed E-state index contributed by atoms with van der Waals surface area (Å²) in [6, 6.07) is 10.4. The Balaban J connectivity index is 2.15. The number of hydrogen-bond acceptors (Lipinski definition) is 3. The van der Waals surface area contributed by atoms with Gasteiger partial charge in [0.05, 0.1) is 5.25 Å². The molecule has 0 bridgehead atoms. The minimum atomic E-state index is 0.402. The first-order valence-corrected chi connectivity index (χ1v) is 5.12. The van der Waals surface area contributed by atoms with Crippen LogP contribution in [0.1, 0.15) is 17.7 Å². The molecule has 0 aromatic heterocycles. The van der Waals surface area contributed by atoms with Gasteiger partial charge in [-0.15, -0.1) is 0 Å². The largest absolute Gasteiger partial charge is 0.394 e. The van der Waals surface area contributed by atoms with Crippen molar-refractivity contribution < 1.29 is 4.84 Å². The van der Waals surface area contributed by atoms with Crippen molar-refractivity contribution in [3.05, 3.63) is 35.9 Å². The number of benzene rings is 1. The molecule has 0 radical (unpaired) electrons. The zero-order valence-electron chi connectivity index (χ0n) is 7.43. The second-order valence-electron chi connectivity index (χ2n) is 2.92. The second-order valence-corrected chi connectivity index (χ2v) is 4.32. The van der Waals surface area contributed by atoms with E-state index in [-0.39, 0.29) is 0 Å². The van der Waals surface area contributed by atoms with Crippen molar-refractivity contribution in [1.29, 1.82) is 0 Å². The third-order valence-corrected chi connectivity index (χ3v) is 3.01. The first-order valence-electron chi connectivity index (χ1n) is 4.24. The average molecular weight is 193 g/mol. The maximum absolute atomic E-state index is 5.12. The number of thioether (sulfide) groups is 1. The molecule has 2 nitrogen and oxygen atoms in total. The molecule has 1 aliphatic heterocycles. The molecule has 1 heterocycles. The Morgan fingerprint density at radius 2 is 2.15 bits per heavy atom. The molecule has 13 heavy (non-hydrogen) atoms. The van der Waals surface area contributed by atoms with Crippen LogP contribution >= 0.6 is 11.8 Å². The molecule has 1 atom stereocenters. The van der Waals surface area contributed by atoms with Crippen LogP contribution in [0.15, 0.2) is 35.5 Å². The zero-order chi connectivity index (χ0) is 9.10. The summed E-state index contributed by atoms with van der Waals surface area (Å²) in [4.78, 5) is 5.12. The molecule has 2 rings (SSSR count). The van der Waals surface area contributed by atoms with Crippen LogP contribution in [0.4, 0.5) is 0 Å². The van der Waals surface area contributed by atoms with Gasteiger partial charge in [-0.25, -0.2) is 0 Å². The topological polar surface area (TPSA) is 21.6 Å². The second kappa shape index (κ2) is 3.83. The van der Waals surface area contributed by atoms with Crippen molar-refractivity contribution in [2.24, 2.45) is 5.16 Å². The fourth-order valence-corrected chi connectivity index (χ4v) is 2.22. The first-order chi connectivity index (χ1) is 6.36. The molecule has 1 aromatic carbocycles. The maximum atomic E-state index is 5.12. The Hall–Kier alpha value is -0.960. The van der Waals surface area contributed by atoms with E-state index in [2.05, 4.69) is 29.4 Å². The molecular formula is C10H11NOS. The summed E-state index contributed by atoms with van der Waals surface area (Å²) >= 11 is 1.76. The number of hydrogen-bond donors (Lipinski definition) is 0. The van der Waals surface area contributed by atoms with Crippen LogP contribution in [0.5, 0.6) is 0 Å². The van der Waals surface area contributed by atoms with Crippen molar-refractivity contribution in [3.63, 3.8) is 0 Å². The minimum Gasteiger partial charge on any atom is -0.394 e. The molecule has 0 saturated heterocycles. The van der Waals surface area contributed by atoms with Gasteiger partial charge in [-0.1, -0.05) is 47.2 Å². The standard InChI is InChI=1S/C10H11NOS/c1-8-11-12-7-10(13-8)9-5-3-2-4-6-9/h2-6,10H,7H2,1H3. The molecule has 1 unspecified atom stereocenters. The van der Waals surface area contributed by atoms with Crippen molar-refractivity contribution >= 4 is 16.8 Å². The van der Waals surface area contributed by atoms with Gasteiger partial charge in [0.15, 0.2) is 0 Å². The average Bonchev–Trinajstić information content (AvgIpc) is 2.19.